The second kappa shape index (κ2) is 6.49. The van der Waals surface area contributed by atoms with E-state index in [0.29, 0.717) is 0 Å². The Balaban J connectivity index is -0.000000125. The summed E-state index contributed by atoms with van der Waals surface area (Å²) in [6.07, 6.45) is 0. The SMILES string of the molecule is O=P(O)(O)O[SiH3].[AlH3].[Co]. The van der Waals surface area contributed by atoms with Crippen molar-refractivity contribution in [1.82, 2.24) is 0 Å². The fourth-order valence-electron chi connectivity index (χ4n) is 0. The number of rotatable bonds is 1. The van der Waals surface area contributed by atoms with Crippen molar-refractivity contribution >= 4 is 35.7 Å². The molecule has 0 aliphatic carbocycles. The van der Waals surface area contributed by atoms with Gasteiger partial charge in [-0.25, -0.2) is 4.57 Å². The summed E-state index contributed by atoms with van der Waals surface area (Å²) in [4.78, 5) is 15.5. The molecular weight excluding hydrogens is 209 g/mol. The van der Waals surface area contributed by atoms with E-state index in [9.17, 15) is 4.57 Å². The summed E-state index contributed by atoms with van der Waals surface area (Å²) in [5, 5.41) is 0. The maximum atomic E-state index is 9.51. The van der Waals surface area contributed by atoms with Crippen molar-refractivity contribution in [2.45, 2.75) is 0 Å². The van der Waals surface area contributed by atoms with E-state index in [1.165, 1.54) is 0 Å². The summed E-state index contributed by atoms with van der Waals surface area (Å²) in [5.74, 6) is 0. The van der Waals surface area contributed by atoms with Crippen LogP contribution in [0.5, 0.6) is 0 Å². The van der Waals surface area contributed by atoms with E-state index in [0.717, 1.165) is 0 Å². The van der Waals surface area contributed by atoms with Gasteiger partial charge in [0.1, 0.15) is 0 Å². The second-order valence-electron chi connectivity index (χ2n) is 0.673. The van der Waals surface area contributed by atoms with Crippen LogP contribution in [0.1, 0.15) is 0 Å². The van der Waals surface area contributed by atoms with Gasteiger partial charge < -0.3 is 14.0 Å². The van der Waals surface area contributed by atoms with E-state index in [4.69, 9.17) is 9.79 Å². The molecule has 0 fully saturated rings. The minimum Gasteiger partial charge on any atom is -0.342 e. The van der Waals surface area contributed by atoms with E-state index < -0.39 is 7.82 Å². The van der Waals surface area contributed by atoms with Crippen LogP contribution in [0.3, 0.4) is 0 Å². The molecule has 0 atom stereocenters. The van der Waals surface area contributed by atoms with Gasteiger partial charge >= 0.3 is 7.82 Å². The summed E-state index contributed by atoms with van der Waals surface area (Å²) in [5.41, 5.74) is 0. The van der Waals surface area contributed by atoms with Crippen LogP contribution in [0, 0.1) is 0 Å². The molecule has 8 heavy (non-hydrogen) atoms. The molecule has 0 aromatic rings. The Morgan fingerprint density at radius 1 is 1.50 bits per heavy atom. The van der Waals surface area contributed by atoms with Crippen molar-refractivity contribution in [3.63, 3.8) is 0 Å². The average molecular weight is 217 g/mol. The number of hydrogen-bond donors (Lipinski definition) is 2. The molecule has 0 saturated carbocycles. The molecule has 0 aliphatic heterocycles. The van der Waals surface area contributed by atoms with Crippen LogP contribution in [0.25, 0.3) is 0 Å². The summed E-state index contributed by atoms with van der Waals surface area (Å²) >= 11 is 0. The third-order valence-corrected chi connectivity index (χ3v) is 2.14. The third-order valence-electron chi connectivity index (χ3n) is 0.238. The first-order valence-electron chi connectivity index (χ1n) is 1.17. The molecule has 0 saturated heterocycles. The van der Waals surface area contributed by atoms with Gasteiger partial charge in [0.05, 0.1) is 0 Å². The molecule has 0 amide bonds. The quantitative estimate of drug-likeness (QED) is 0.367. The van der Waals surface area contributed by atoms with Crippen LogP contribution in [0.15, 0.2) is 0 Å². The standard InChI is InChI=1S/Al.Co.H5O4PSi.3H/c;;1-5(2,3)4-6;;;/h;;6H3,(H2,1,2,3);;;. The van der Waals surface area contributed by atoms with Crippen molar-refractivity contribution in [2.24, 2.45) is 0 Å². The zero-order chi connectivity index (χ0) is 5.21. The first kappa shape index (κ1) is 16.2. The van der Waals surface area contributed by atoms with Crippen molar-refractivity contribution in [3.8, 4) is 0 Å². The van der Waals surface area contributed by atoms with Gasteiger partial charge in [-0.3, -0.25) is 0 Å². The fraction of sp³-hybridized carbons (Fsp3) is 0. The molecule has 1 radical (unpaired) electrons. The molecule has 0 aromatic heterocycles. The van der Waals surface area contributed by atoms with Gasteiger partial charge in [0.2, 0.25) is 0 Å². The molecule has 0 rings (SSSR count). The summed E-state index contributed by atoms with van der Waals surface area (Å²) in [7, 11) is -4.00. The predicted octanol–water partition coefficient (Wildman–Crippen LogP) is -2.81. The second-order valence-corrected chi connectivity index (χ2v) is 3.11. The molecule has 53 valence electrons. The first-order chi connectivity index (χ1) is 2.56. The summed E-state index contributed by atoms with van der Waals surface area (Å²) in [6, 6.07) is 0. The molecule has 0 heterocycles. The minimum absolute atomic E-state index is 0. The maximum Gasteiger partial charge on any atom is 0.458 e. The van der Waals surface area contributed by atoms with Crippen LogP contribution in [-0.2, 0) is 25.6 Å². The van der Waals surface area contributed by atoms with E-state index in [1.54, 1.807) is 0 Å². The largest absolute Gasteiger partial charge is 0.458 e. The topological polar surface area (TPSA) is 66.8 Å². The average Bonchev–Trinajstić information content (AvgIpc) is 1.35. The molecule has 2 N–H and O–H groups in total. The van der Waals surface area contributed by atoms with Gasteiger partial charge in [0.25, 0.3) is 0 Å². The molecular formula is H8AlCoO4PSi. The number of hydrogen-bond acceptors (Lipinski definition) is 2. The Morgan fingerprint density at radius 3 is 1.62 bits per heavy atom. The smallest absolute Gasteiger partial charge is 0.342 e. The van der Waals surface area contributed by atoms with Gasteiger partial charge in [-0.05, 0) is 0 Å². The van der Waals surface area contributed by atoms with Gasteiger partial charge in [-0.15, -0.1) is 0 Å². The molecule has 0 aliphatic rings. The monoisotopic (exact) mass is 217 g/mol. The fourth-order valence-corrected chi connectivity index (χ4v) is 0. The van der Waals surface area contributed by atoms with Crippen LogP contribution in [0.4, 0.5) is 0 Å². The maximum absolute atomic E-state index is 9.51. The molecule has 0 aromatic carbocycles. The summed E-state index contributed by atoms with van der Waals surface area (Å²) < 4.78 is 13.2. The van der Waals surface area contributed by atoms with Crippen LogP contribution in [-0.4, -0.2) is 37.6 Å². The third kappa shape index (κ3) is 15.7. The van der Waals surface area contributed by atoms with E-state index >= 15 is 0 Å². The van der Waals surface area contributed by atoms with Gasteiger partial charge in [-0.1, -0.05) is 0 Å². The molecule has 0 unspecified atom stereocenters. The Morgan fingerprint density at radius 2 is 1.62 bits per heavy atom. The van der Waals surface area contributed by atoms with Crippen LogP contribution < -0.4 is 0 Å². The van der Waals surface area contributed by atoms with Crippen molar-refractivity contribution < 1.29 is 35.3 Å². The Kier molecular flexibility index (Phi) is 13.1. The molecule has 4 nitrogen and oxygen atoms in total. The Bertz CT molecular complexity index is 80.1. The zero-order valence-corrected chi connectivity index (χ0v) is 7.43. The molecule has 0 spiro atoms. The van der Waals surface area contributed by atoms with Crippen LogP contribution >= 0.6 is 7.82 Å². The van der Waals surface area contributed by atoms with Crippen molar-refractivity contribution in [3.05, 3.63) is 0 Å². The van der Waals surface area contributed by atoms with Crippen molar-refractivity contribution in [1.29, 1.82) is 0 Å². The van der Waals surface area contributed by atoms with Crippen LogP contribution in [0.2, 0.25) is 0 Å². The number of phosphoric acid groups is 1. The van der Waals surface area contributed by atoms with Gasteiger partial charge in [-0.2, -0.15) is 0 Å². The minimum atomic E-state index is -4.08. The molecule has 8 heteroatoms. The Hall–Kier alpha value is 1.37. The van der Waals surface area contributed by atoms with Gasteiger partial charge in [0, 0.05) is 16.8 Å². The van der Waals surface area contributed by atoms with E-state index in [-0.39, 0.29) is 44.6 Å². The predicted molar refractivity (Wildman–Crippen MR) is 33.0 cm³/mol. The summed E-state index contributed by atoms with van der Waals surface area (Å²) in [6.45, 7) is 0. The van der Waals surface area contributed by atoms with Crippen molar-refractivity contribution in [2.75, 3.05) is 0 Å². The normalized spacial score (nSPS) is 9.25. The Labute approximate surface area is 71.1 Å². The van der Waals surface area contributed by atoms with E-state index in [2.05, 4.69) is 4.21 Å². The van der Waals surface area contributed by atoms with Gasteiger partial charge in [0.15, 0.2) is 27.8 Å². The van der Waals surface area contributed by atoms with E-state index in [1.807, 2.05) is 0 Å². The molecule has 0 bridgehead atoms. The zero-order valence-electron chi connectivity index (χ0n) is 3.49. The first-order valence-corrected chi connectivity index (χ1v) is 3.52.